The van der Waals surface area contributed by atoms with Gasteiger partial charge in [0.15, 0.2) is 11.4 Å². The van der Waals surface area contributed by atoms with Crippen LogP contribution in [0.4, 0.5) is 0 Å². The van der Waals surface area contributed by atoms with E-state index in [2.05, 4.69) is 29.2 Å². The zero-order valence-corrected chi connectivity index (χ0v) is 15.9. The van der Waals surface area contributed by atoms with E-state index >= 15 is 0 Å². The second-order valence-electron chi connectivity index (χ2n) is 6.42. The van der Waals surface area contributed by atoms with E-state index in [0.29, 0.717) is 18.9 Å². The van der Waals surface area contributed by atoms with Crippen molar-refractivity contribution in [1.82, 2.24) is 20.1 Å². The van der Waals surface area contributed by atoms with Crippen LogP contribution in [0.5, 0.6) is 5.75 Å². The number of aryl methyl sites for hydroxylation is 1. The Labute approximate surface area is 156 Å². The van der Waals surface area contributed by atoms with Crippen LogP contribution in [0.3, 0.4) is 0 Å². The van der Waals surface area contributed by atoms with Crippen molar-refractivity contribution in [2.45, 2.75) is 33.1 Å². The minimum Gasteiger partial charge on any atom is -0.504 e. The van der Waals surface area contributed by atoms with E-state index in [9.17, 15) is 9.90 Å². The van der Waals surface area contributed by atoms with Gasteiger partial charge in [-0.15, -0.1) is 11.3 Å². The number of hydrogen-bond donors (Lipinski definition) is 2. The van der Waals surface area contributed by atoms with Crippen molar-refractivity contribution in [3.05, 3.63) is 57.8 Å². The summed E-state index contributed by atoms with van der Waals surface area (Å²) in [5.74, 6) is -0.147. The molecule has 7 heteroatoms. The highest BCUT2D eigenvalue weighted by molar-refractivity contribution is 7.09. The normalized spacial score (nSPS) is 11.1. The molecule has 0 atom stereocenters. The van der Waals surface area contributed by atoms with E-state index in [4.69, 9.17) is 0 Å². The molecule has 0 unspecified atom stereocenters. The number of thiazole rings is 1. The number of nitrogens with one attached hydrogen (secondary N) is 1. The Kier molecular flexibility index (Phi) is 5.37. The lowest BCUT2D eigenvalue weighted by atomic mass is 10.0. The first-order chi connectivity index (χ1) is 12.4. The monoisotopic (exact) mass is 370 g/mol. The Bertz CT molecular complexity index is 914. The summed E-state index contributed by atoms with van der Waals surface area (Å²) in [7, 11) is 0. The van der Waals surface area contributed by atoms with Gasteiger partial charge in [-0.05, 0) is 30.5 Å². The number of carbonyl (C=O) groups is 1. The molecule has 2 N–H and O–H groups in total. The number of nitrogens with zero attached hydrogens (tertiary/aromatic N) is 3. The Morgan fingerprint density at radius 2 is 2.19 bits per heavy atom. The number of hydrogen-bond acceptors (Lipinski definition) is 5. The van der Waals surface area contributed by atoms with Crippen LogP contribution in [0.25, 0.3) is 5.69 Å². The SMILES string of the molecule is Cc1nc(CCNC(=O)c2nn(-c3cccc(C(C)C)c3)cc2O)cs1. The van der Waals surface area contributed by atoms with Crippen LogP contribution in [-0.2, 0) is 6.42 Å². The topological polar surface area (TPSA) is 80.0 Å². The quantitative estimate of drug-likeness (QED) is 0.697. The molecular formula is C19H22N4O2S. The smallest absolute Gasteiger partial charge is 0.275 e. The predicted octanol–water partition coefficient (Wildman–Crippen LogP) is 3.44. The molecule has 0 radical (unpaired) electrons. The second-order valence-corrected chi connectivity index (χ2v) is 7.48. The molecule has 0 bridgehead atoms. The van der Waals surface area contributed by atoms with Gasteiger partial charge >= 0.3 is 0 Å². The van der Waals surface area contributed by atoms with Gasteiger partial charge in [0.05, 0.1) is 22.6 Å². The Morgan fingerprint density at radius 1 is 1.38 bits per heavy atom. The number of carbonyl (C=O) groups excluding carboxylic acids is 1. The molecule has 1 amide bonds. The van der Waals surface area contributed by atoms with Gasteiger partial charge in [-0.2, -0.15) is 5.10 Å². The van der Waals surface area contributed by atoms with Crippen LogP contribution in [0.1, 0.15) is 46.5 Å². The lowest BCUT2D eigenvalue weighted by molar-refractivity contribution is 0.0946. The minimum atomic E-state index is -0.395. The van der Waals surface area contributed by atoms with E-state index < -0.39 is 5.91 Å². The maximum Gasteiger partial charge on any atom is 0.275 e. The lowest BCUT2D eigenvalue weighted by Gasteiger charge is -2.07. The third-order valence-corrected chi connectivity index (χ3v) is 4.87. The maximum absolute atomic E-state index is 12.3. The Balaban J connectivity index is 1.69. The standard InChI is InChI=1S/C19H22N4O2S/c1-12(2)14-5-4-6-16(9-14)23-10-17(24)18(22-23)19(25)20-8-7-15-11-26-13(3)21-15/h4-6,9-12,24H,7-8H2,1-3H3,(H,20,25). The fraction of sp³-hybridized carbons (Fsp3) is 0.316. The molecule has 0 saturated carbocycles. The van der Waals surface area contributed by atoms with Crippen LogP contribution in [0.2, 0.25) is 0 Å². The number of amides is 1. The zero-order valence-electron chi connectivity index (χ0n) is 15.1. The number of aromatic nitrogens is 3. The molecule has 3 rings (SSSR count). The van der Waals surface area contributed by atoms with Crippen molar-refractivity contribution in [3.8, 4) is 11.4 Å². The molecular weight excluding hydrogens is 348 g/mol. The summed E-state index contributed by atoms with van der Waals surface area (Å²) in [4.78, 5) is 16.7. The van der Waals surface area contributed by atoms with E-state index in [1.807, 2.05) is 36.6 Å². The van der Waals surface area contributed by atoms with Crippen LogP contribution in [0.15, 0.2) is 35.8 Å². The van der Waals surface area contributed by atoms with Gasteiger partial charge in [-0.1, -0.05) is 26.0 Å². The molecule has 1 aromatic carbocycles. The fourth-order valence-electron chi connectivity index (χ4n) is 2.60. The lowest BCUT2D eigenvalue weighted by Crippen LogP contribution is -2.26. The summed E-state index contributed by atoms with van der Waals surface area (Å²) < 4.78 is 1.53. The molecule has 26 heavy (non-hydrogen) atoms. The summed E-state index contributed by atoms with van der Waals surface area (Å²) in [5, 5.41) is 20.1. The highest BCUT2D eigenvalue weighted by Crippen LogP contribution is 2.21. The Morgan fingerprint density at radius 3 is 2.88 bits per heavy atom. The van der Waals surface area contributed by atoms with Crippen molar-refractivity contribution in [3.63, 3.8) is 0 Å². The van der Waals surface area contributed by atoms with Crippen LogP contribution in [-0.4, -0.2) is 32.3 Å². The fourth-order valence-corrected chi connectivity index (χ4v) is 3.24. The number of aromatic hydroxyl groups is 1. The van der Waals surface area contributed by atoms with Gasteiger partial charge in [-0.3, -0.25) is 4.79 Å². The molecule has 0 spiro atoms. The molecule has 6 nitrogen and oxygen atoms in total. The molecule has 3 aromatic rings. The Hall–Kier alpha value is -2.67. The van der Waals surface area contributed by atoms with Gasteiger partial charge in [0.2, 0.25) is 0 Å². The van der Waals surface area contributed by atoms with Gasteiger partial charge in [0.1, 0.15) is 0 Å². The van der Waals surface area contributed by atoms with Gasteiger partial charge in [0.25, 0.3) is 5.91 Å². The summed E-state index contributed by atoms with van der Waals surface area (Å²) in [6.45, 7) is 6.62. The first-order valence-electron chi connectivity index (χ1n) is 8.52. The summed E-state index contributed by atoms with van der Waals surface area (Å²) in [5.41, 5.74) is 2.95. The highest BCUT2D eigenvalue weighted by atomic mass is 32.1. The largest absolute Gasteiger partial charge is 0.504 e. The summed E-state index contributed by atoms with van der Waals surface area (Å²) in [6.07, 6.45) is 2.10. The predicted molar refractivity (Wildman–Crippen MR) is 102 cm³/mol. The molecule has 0 aliphatic rings. The molecule has 0 aliphatic heterocycles. The van der Waals surface area contributed by atoms with Crippen molar-refractivity contribution in [1.29, 1.82) is 0 Å². The van der Waals surface area contributed by atoms with E-state index in [1.54, 1.807) is 11.3 Å². The maximum atomic E-state index is 12.3. The number of benzene rings is 1. The van der Waals surface area contributed by atoms with E-state index in [0.717, 1.165) is 16.4 Å². The minimum absolute atomic E-state index is 0.0226. The molecule has 0 aliphatic carbocycles. The van der Waals surface area contributed by atoms with Gasteiger partial charge in [-0.25, -0.2) is 9.67 Å². The third kappa shape index (κ3) is 4.11. The second kappa shape index (κ2) is 7.70. The summed E-state index contributed by atoms with van der Waals surface area (Å²) >= 11 is 1.59. The van der Waals surface area contributed by atoms with Crippen molar-refractivity contribution in [2.24, 2.45) is 0 Å². The summed E-state index contributed by atoms with van der Waals surface area (Å²) in [6, 6.07) is 7.89. The third-order valence-electron chi connectivity index (χ3n) is 4.04. The average Bonchev–Trinajstić information content (AvgIpc) is 3.20. The van der Waals surface area contributed by atoms with E-state index in [1.165, 1.54) is 16.4 Å². The van der Waals surface area contributed by atoms with Crippen molar-refractivity contribution >= 4 is 17.2 Å². The molecule has 0 fully saturated rings. The van der Waals surface area contributed by atoms with Crippen LogP contribution < -0.4 is 5.32 Å². The van der Waals surface area contributed by atoms with E-state index in [-0.39, 0.29) is 11.4 Å². The van der Waals surface area contributed by atoms with Gasteiger partial charge in [0, 0.05) is 18.3 Å². The first-order valence-corrected chi connectivity index (χ1v) is 9.40. The molecule has 0 saturated heterocycles. The van der Waals surface area contributed by atoms with Crippen LogP contribution in [0, 0.1) is 6.92 Å². The molecule has 2 aromatic heterocycles. The zero-order chi connectivity index (χ0) is 18.7. The molecule has 2 heterocycles. The van der Waals surface area contributed by atoms with Crippen molar-refractivity contribution in [2.75, 3.05) is 6.54 Å². The average molecular weight is 370 g/mol. The molecule has 136 valence electrons. The first kappa shape index (κ1) is 18.1. The highest BCUT2D eigenvalue weighted by Gasteiger charge is 2.17. The van der Waals surface area contributed by atoms with Crippen molar-refractivity contribution < 1.29 is 9.90 Å². The van der Waals surface area contributed by atoms with Crippen LogP contribution >= 0.6 is 11.3 Å². The van der Waals surface area contributed by atoms with Gasteiger partial charge < -0.3 is 10.4 Å². The number of rotatable bonds is 6.